The fraction of sp³-hybridized carbons (Fsp3) is 0. The van der Waals surface area contributed by atoms with Crippen LogP contribution in [0.15, 0.2) is 24.3 Å². The van der Waals surface area contributed by atoms with E-state index in [1.54, 1.807) is 0 Å². The smallest absolute Gasteiger partial charge is 0.235 e. The van der Waals surface area contributed by atoms with Gasteiger partial charge in [0.25, 0.3) is 0 Å². The molecule has 0 radical (unpaired) electrons. The SMILES string of the molecule is O=C(C(=O)c1cc(F)c(F)c(Cl)c1Cl)c1ccc(F)c(F)c1. The highest BCUT2D eigenvalue weighted by Gasteiger charge is 2.26. The fourth-order valence-electron chi connectivity index (χ4n) is 1.63. The number of hydrogen-bond acceptors (Lipinski definition) is 2. The summed E-state index contributed by atoms with van der Waals surface area (Å²) in [6, 6.07) is 2.43. The van der Waals surface area contributed by atoms with Crippen LogP contribution in [-0.2, 0) is 0 Å². The molecule has 0 N–H and O–H groups in total. The lowest BCUT2D eigenvalue weighted by molar-refractivity contribution is 0.0816. The molecule has 0 spiro atoms. The number of carbonyl (C=O) groups is 2. The van der Waals surface area contributed by atoms with Crippen molar-refractivity contribution in [2.45, 2.75) is 0 Å². The summed E-state index contributed by atoms with van der Waals surface area (Å²) in [4.78, 5) is 23.9. The summed E-state index contributed by atoms with van der Waals surface area (Å²) in [5.41, 5.74) is -1.15. The summed E-state index contributed by atoms with van der Waals surface area (Å²) in [5, 5.41) is -1.51. The minimum atomic E-state index is -1.48. The van der Waals surface area contributed by atoms with Gasteiger partial charge in [-0.15, -0.1) is 0 Å². The maximum atomic E-state index is 13.3. The van der Waals surface area contributed by atoms with Crippen molar-refractivity contribution in [2.75, 3.05) is 0 Å². The number of halogens is 6. The van der Waals surface area contributed by atoms with E-state index < -0.39 is 56.0 Å². The molecule has 0 aliphatic carbocycles. The van der Waals surface area contributed by atoms with Gasteiger partial charge in [-0.3, -0.25) is 9.59 Å². The van der Waals surface area contributed by atoms with Gasteiger partial charge in [-0.1, -0.05) is 23.2 Å². The van der Waals surface area contributed by atoms with Crippen LogP contribution in [-0.4, -0.2) is 11.6 Å². The highest BCUT2D eigenvalue weighted by Crippen LogP contribution is 2.31. The molecule has 0 aromatic heterocycles. The van der Waals surface area contributed by atoms with Gasteiger partial charge in [-0.25, -0.2) is 17.6 Å². The quantitative estimate of drug-likeness (QED) is 0.266. The first-order chi connectivity index (χ1) is 10.2. The zero-order valence-corrected chi connectivity index (χ0v) is 11.9. The molecule has 22 heavy (non-hydrogen) atoms. The van der Waals surface area contributed by atoms with Gasteiger partial charge in [0, 0.05) is 11.1 Å². The minimum absolute atomic E-state index is 0.406. The predicted molar refractivity (Wildman–Crippen MR) is 71.4 cm³/mol. The molecule has 0 unspecified atom stereocenters. The molecule has 0 atom stereocenters. The van der Waals surface area contributed by atoms with Crippen molar-refractivity contribution >= 4 is 34.8 Å². The van der Waals surface area contributed by atoms with Crippen LogP contribution < -0.4 is 0 Å². The van der Waals surface area contributed by atoms with Gasteiger partial charge in [0.1, 0.15) is 0 Å². The molecule has 2 aromatic carbocycles. The molecule has 0 bridgehead atoms. The normalized spacial score (nSPS) is 10.6. The van der Waals surface area contributed by atoms with Crippen molar-refractivity contribution in [1.82, 2.24) is 0 Å². The highest BCUT2D eigenvalue weighted by molar-refractivity contribution is 6.53. The summed E-state index contributed by atoms with van der Waals surface area (Å²) in [5.74, 6) is -8.11. The van der Waals surface area contributed by atoms with E-state index in [4.69, 9.17) is 23.2 Å². The van der Waals surface area contributed by atoms with Crippen molar-refractivity contribution < 1.29 is 27.2 Å². The lowest BCUT2D eigenvalue weighted by Crippen LogP contribution is -2.16. The average Bonchev–Trinajstić information content (AvgIpc) is 2.50. The molecule has 0 saturated heterocycles. The van der Waals surface area contributed by atoms with Crippen molar-refractivity contribution in [2.24, 2.45) is 0 Å². The van der Waals surface area contributed by atoms with Crippen molar-refractivity contribution in [3.63, 3.8) is 0 Å². The Bertz CT molecular complexity index is 806. The molecule has 0 aliphatic rings. The Morgan fingerprint density at radius 2 is 1.41 bits per heavy atom. The number of hydrogen-bond donors (Lipinski definition) is 0. The first-order valence-corrected chi connectivity index (χ1v) is 6.36. The Morgan fingerprint density at radius 3 is 2.00 bits per heavy atom. The summed E-state index contributed by atoms with van der Waals surface area (Å²) < 4.78 is 52.3. The Labute approximate surface area is 131 Å². The molecule has 0 fully saturated rings. The Morgan fingerprint density at radius 1 is 0.773 bits per heavy atom. The maximum absolute atomic E-state index is 13.3. The third kappa shape index (κ3) is 2.84. The second-order valence-electron chi connectivity index (χ2n) is 4.14. The van der Waals surface area contributed by atoms with Crippen LogP contribution in [0.4, 0.5) is 17.6 Å². The molecule has 2 nitrogen and oxygen atoms in total. The molecule has 114 valence electrons. The van der Waals surface area contributed by atoms with Crippen LogP contribution in [0.5, 0.6) is 0 Å². The molecule has 2 rings (SSSR count). The van der Waals surface area contributed by atoms with E-state index >= 15 is 0 Å². The minimum Gasteiger partial charge on any atom is -0.285 e. The van der Waals surface area contributed by atoms with Crippen molar-refractivity contribution in [3.05, 3.63) is 68.7 Å². The molecule has 0 amide bonds. The largest absolute Gasteiger partial charge is 0.285 e. The van der Waals surface area contributed by atoms with Crippen LogP contribution in [0.1, 0.15) is 20.7 Å². The van der Waals surface area contributed by atoms with E-state index in [9.17, 15) is 27.2 Å². The number of ketones is 2. The molecular formula is C14H4Cl2F4O2. The van der Waals surface area contributed by atoms with Gasteiger partial charge >= 0.3 is 0 Å². The first kappa shape index (κ1) is 16.5. The van der Waals surface area contributed by atoms with E-state index in [1.165, 1.54) is 0 Å². The van der Waals surface area contributed by atoms with Gasteiger partial charge < -0.3 is 0 Å². The van der Waals surface area contributed by atoms with Crippen LogP contribution >= 0.6 is 23.2 Å². The Hall–Kier alpha value is -1.92. The van der Waals surface area contributed by atoms with Crippen LogP contribution in [0.3, 0.4) is 0 Å². The predicted octanol–water partition coefficient (Wildman–Crippen LogP) is 4.62. The van der Waals surface area contributed by atoms with Crippen molar-refractivity contribution in [1.29, 1.82) is 0 Å². The van der Waals surface area contributed by atoms with Gasteiger partial charge in [0.15, 0.2) is 23.3 Å². The van der Waals surface area contributed by atoms with Gasteiger partial charge in [-0.2, -0.15) is 0 Å². The zero-order chi connectivity index (χ0) is 16.6. The third-order valence-electron chi connectivity index (χ3n) is 2.74. The second-order valence-corrected chi connectivity index (χ2v) is 4.89. The molecule has 2 aromatic rings. The Balaban J connectivity index is 2.48. The van der Waals surface area contributed by atoms with Crippen LogP contribution in [0.2, 0.25) is 10.0 Å². The van der Waals surface area contributed by atoms with Gasteiger partial charge in [0.05, 0.1) is 10.0 Å². The Kier molecular flexibility index (Phi) is 4.53. The van der Waals surface area contributed by atoms with Gasteiger partial charge in [-0.05, 0) is 24.3 Å². The zero-order valence-electron chi connectivity index (χ0n) is 10.4. The fourth-order valence-corrected chi connectivity index (χ4v) is 2.04. The molecule has 0 aliphatic heterocycles. The molecular weight excluding hydrogens is 347 g/mol. The number of benzene rings is 2. The average molecular weight is 351 g/mol. The summed E-state index contributed by atoms with van der Waals surface area (Å²) in [6.45, 7) is 0. The van der Waals surface area contributed by atoms with Crippen LogP contribution in [0.25, 0.3) is 0 Å². The molecule has 8 heteroatoms. The van der Waals surface area contributed by atoms with E-state index in [0.717, 1.165) is 6.07 Å². The monoisotopic (exact) mass is 350 g/mol. The highest BCUT2D eigenvalue weighted by atomic mass is 35.5. The summed E-state index contributed by atoms with van der Waals surface area (Å²) in [6.07, 6.45) is 0. The maximum Gasteiger partial charge on any atom is 0.235 e. The summed E-state index contributed by atoms with van der Waals surface area (Å²) in [7, 11) is 0. The van der Waals surface area contributed by atoms with Crippen molar-refractivity contribution in [3.8, 4) is 0 Å². The summed E-state index contributed by atoms with van der Waals surface area (Å²) >= 11 is 11.0. The third-order valence-corrected chi connectivity index (χ3v) is 3.58. The van der Waals surface area contributed by atoms with E-state index in [1.807, 2.05) is 0 Å². The first-order valence-electron chi connectivity index (χ1n) is 5.61. The van der Waals surface area contributed by atoms with Crippen LogP contribution in [0, 0.1) is 23.3 Å². The van der Waals surface area contributed by atoms with Gasteiger partial charge in [0.2, 0.25) is 11.6 Å². The number of Topliss-reactive ketones (excluding diaryl/α,β-unsaturated/α-hetero) is 2. The lowest BCUT2D eigenvalue weighted by atomic mass is 10.0. The molecule has 0 heterocycles. The van der Waals surface area contributed by atoms with E-state index in [2.05, 4.69) is 0 Å². The van der Waals surface area contributed by atoms with E-state index in [-0.39, 0.29) is 0 Å². The second kappa shape index (κ2) is 6.06. The molecule has 0 saturated carbocycles. The topological polar surface area (TPSA) is 34.1 Å². The number of rotatable bonds is 3. The van der Waals surface area contributed by atoms with E-state index in [0.29, 0.717) is 18.2 Å². The number of carbonyl (C=O) groups excluding carboxylic acids is 2. The lowest BCUT2D eigenvalue weighted by Gasteiger charge is -2.07. The standard InChI is InChI=1S/C14H4Cl2F4O2/c15-10-6(4-9(19)12(20)11(10)16)14(22)13(21)5-1-2-7(17)8(18)3-5/h1-4H.